The zero-order chi connectivity index (χ0) is 13.2. The van der Waals surface area contributed by atoms with Gasteiger partial charge in [0.05, 0.1) is 10.2 Å². The molecule has 1 N–H and O–H groups in total. The molecule has 102 valence electrons. The molecule has 1 aliphatic carbocycles. The molecular weight excluding hydrogens is 279 g/mol. The molecule has 2 nitrogen and oxygen atoms in total. The van der Waals surface area contributed by atoms with E-state index in [0.29, 0.717) is 6.04 Å². The Balaban J connectivity index is 1.68. The van der Waals surface area contributed by atoms with Gasteiger partial charge >= 0.3 is 0 Å². The number of anilines is 1. The van der Waals surface area contributed by atoms with Crippen molar-refractivity contribution >= 4 is 38.4 Å². The number of halogens is 1. The number of hydrogen-bond acceptors (Lipinski definition) is 4. The zero-order valence-corrected chi connectivity index (χ0v) is 12.5. The van der Waals surface area contributed by atoms with Crippen LogP contribution in [0.3, 0.4) is 0 Å². The molecule has 2 aromatic rings. The van der Waals surface area contributed by atoms with E-state index in [1.807, 2.05) is 0 Å². The van der Waals surface area contributed by atoms with Crippen LogP contribution in [0.2, 0.25) is 0 Å². The molecule has 1 fully saturated rings. The topological polar surface area (TPSA) is 24.9 Å². The van der Waals surface area contributed by atoms with Crippen LogP contribution in [0.25, 0.3) is 10.2 Å². The fourth-order valence-corrected chi connectivity index (χ4v) is 4.66. The zero-order valence-electron chi connectivity index (χ0n) is 10.9. The average Bonchev–Trinajstić information content (AvgIpc) is 2.96. The van der Waals surface area contributed by atoms with Gasteiger partial charge in [-0.1, -0.05) is 18.3 Å². The number of hydrogen-bond donors (Lipinski definition) is 1. The minimum Gasteiger partial charge on any atom is -0.359 e. The van der Waals surface area contributed by atoms with Gasteiger partial charge in [-0.25, -0.2) is 9.37 Å². The summed E-state index contributed by atoms with van der Waals surface area (Å²) in [6.07, 6.45) is 3.71. The maximum atomic E-state index is 13.1. The van der Waals surface area contributed by atoms with Gasteiger partial charge in [0.25, 0.3) is 0 Å². The lowest BCUT2D eigenvalue weighted by atomic mass is 10.3. The normalized spacial score (nSPS) is 23.1. The Kier molecular flexibility index (Phi) is 3.93. The van der Waals surface area contributed by atoms with E-state index in [4.69, 9.17) is 0 Å². The molecule has 2 atom stereocenters. The standard InChI is InChI=1S/C14H17FN2S2/c1-2-18-11-5-4-10(8-11)16-14-17-12-7-9(15)3-6-13(12)19-14/h3,6-7,10-11H,2,4-5,8H2,1H3,(H,16,17). The van der Waals surface area contributed by atoms with E-state index >= 15 is 0 Å². The molecule has 0 amide bonds. The number of nitrogens with zero attached hydrogens (tertiary/aromatic N) is 1. The van der Waals surface area contributed by atoms with Gasteiger partial charge in [0.2, 0.25) is 0 Å². The second-order valence-electron chi connectivity index (χ2n) is 4.86. The van der Waals surface area contributed by atoms with Gasteiger partial charge in [-0.05, 0) is 37.1 Å². The summed E-state index contributed by atoms with van der Waals surface area (Å²) in [5.74, 6) is 0.974. The minimum atomic E-state index is -0.218. The van der Waals surface area contributed by atoms with Crippen molar-refractivity contribution in [3.63, 3.8) is 0 Å². The van der Waals surface area contributed by atoms with Crippen LogP contribution < -0.4 is 5.32 Å². The van der Waals surface area contributed by atoms with Crippen LogP contribution >= 0.6 is 23.1 Å². The molecule has 0 saturated heterocycles. The van der Waals surface area contributed by atoms with E-state index in [0.717, 1.165) is 20.6 Å². The van der Waals surface area contributed by atoms with Gasteiger partial charge in [0.15, 0.2) is 5.13 Å². The molecule has 1 aromatic carbocycles. The number of aromatic nitrogens is 1. The van der Waals surface area contributed by atoms with Crippen molar-refractivity contribution in [3.05, 3.63) is 24.0 Å². The van der Waals surface area contributed by atoms with Gasteiger partial charge in [-0.3, -0.25) is 0 Å². The lowest BCUT2D eigenvalue weighted by Crippen LogP contribution is -2.15. The van der Waals surface area contributed by atoms with E-state index in [-0.39, 0.29) is 5.82 Å². The largest absolute Gasteiger partial charge is 0.359 e. The van der Waals surface area contributed by atoms with Crippen molar-refractivity contribution < 1.29 is 4.39 Å². The Labute approximate surface area is 120 Å². The highest BCUT2D eigenvalue weighted by atomic mass is 32.2. The van der Waals surface area contributed by atoms with Crippen LogP contribution in [0.5, 0.6) is 0 Å². The van der Waals surface area contributed by atoms with Crippen molar-refractivity contribution in [2.24, 2.45) is 0 Å². The van der Waals surface area contributed by atoms with E-state index < -0.39 is 0 Å². The first kappa shape index (κ1) is 13.2. The van der Waals surface area contributed by atoms with Crippen LogP contribution in [-0.2, 0) is 0 Å². The second kappa shape index (κ2) is 5.67. The first-order valence-corrected chi connectivity index (χ1v) is 8.55. The number of benzene rings is 1. The van der Waals surface area contributed by atoms with Gasteiger partial charge in [-0.2, -0.15) is 11.8 Å². The Morgan fingerprint density at radius 2 is 2.37 bits per heavy atom. The Morgan fingerprint density at radius 1 is 1.47 bits per heavy atom. The molecule has 0 aliphatic heterocycles. The fraction of sp³-hybridized carbons (Fsp3) is 0.500. The third-order valence-corrected chi connectivity index (χ3v) is 5.66. The Bertz CT molecular complexity index is 570. The summed E-state index contributed by atoms with van der Waals surface area (Å²) in [6, 6.07) is 5.32. The van der Waals surface area contributed by atoms with Crippen molar-refractivity contribution in [1.82, 2.24) is 4.98 Å². The molecule has 0 spiro atoms. The number of thiazole rings is 1. The quantitative estimate of drug-likeness (QED) is 0.898. The average molecular weight is 296 g/mol. The van der Waals surface area contributed by atoms with Crippen molar-refractivity contribution in [2.75, 3.05) is 11.1 Å². The maximum Gasteiger partial charge on any atom is 0.184 e. The van der Waals surface area contributed by atoms with E-state index in [1.54, 1.807) is 17.4 Å². The third kappa shape index (κ3) is 3.03. The SMILES string of the molecule is CCSC1CCC(Nc2nc3cc(F)ccc3s2)C1. The van der Waals surface area contributed by atoms with Crippen LogP contribution in [0, 0.1) is 5.82 Å². The van der Waals surface area contributed by atoms with Crippen LogP contribution in [-0.4, -0.2) is 22.0 Å². The number of fused-ring (bicyclic) bond motifs is 1. The highest BCUT2D eigenvalue weighted by Crippen LogP contribution is 2.33. The smallest absolute Gasteiger partial charge is 0.184 e. The van der Waals surface area contributed by atoms with E-state index in [2.05, 4.69) is 29.0 Å². The molecule has 1 aromatic heterocycles. The molecule has 1 heterocycles. The van der Waals surface area contributed by atoms with Gasteiger partial charge < -0.3 is 5.32 Å². The summed E-state index contributed by atoms with van der Waals surface area (Å²) in [5.41, 5.74) is 0.755. The predicted molar refractivity (Wildman–Crippen MR) is 82.8 cm³/mol. The monoisotopic (exact) mass is 296 g/mol. The molecular formula is C14H17FN2S2. The highest BCUT2D eigenvalue weighted by Gasteiger charge is 2.25. The summed E-state index contributed by atoms with van der Waals surface area (Å²) < 4.78 is 14.2. The molecule has 19 heavy (non-hydrogen) atoms. The van der Waals surface area contributed by atoms with Gasteiger partial charge in [-0.15, -0.1) is 0 Å². The number of rotatable bonds is 4. The summed E-state index contributed by atoms with van der Waals surface area (Å²) in [6.45, 7) is 2.22. The number of thioether (sulfide) groups is 1. The van der Waals surface area contributed by atoms with E-state index in [1.165, 1.54) is 37.1 Å². The van der Waals surface area contributed by atoms with Crippen molar-refractivity contribution in [3.8, 4) is 0 Å². The predicted octanol–water partition coefficient (Wildman–Crippen LogP) is 4.52. The van der Waals surface area contributed by atoms with Gasteiger partial charge in [0, 0.05) is 17.4 Å². The maximum absolute atomic E-state index is 13.1. The minimum absolute atomic E-state index is 0.218. The molecule has 1 aliphatic rings. The van der Waals surface area contributed by atoms with Crippen LogP contribution in [0.4, 0.5) is 9.52 Å². The molecule has 2 unspecified atom stereocenters. The summed E-state index contributed by atoms with van der Waals surface area (Å²) in [4.78, 5) is 4.47. The van der Waals surface area contributed by atoms with Crippen LogP contribution in [0.1, 0.15) is 26.2 Å². The van der Waals surface area contributed by atoms with Crippen LogP contribution in [0.15, 0.2) is 18.2 Å². The molecule has 0 radical (unpaired) electrons. The lowest BCUT2D eigenvalue weighted by Gasteiger charge is -2.11. The Morgan fingerprint density at radius 3 is 3.21 bits per heavy atom. The molecule has 0 bridgehead atoms. The highest BCUT2D eigenvalue weighted by molar-refractivity contribution is 7.99. The molecule has 5 heteroatoms. The lowest BCUT2D eigenvalue weighted by molar-refractivity contribution is 0.629. The summed E-state index contributed by atoms with van der Waals surface area (Å²) >= 11 is 3.67. The Hall–Kier alpha value is -0.810. The van der Waals surface area contributed by atoms with Crippen molar-refractivity contribution in [2.45, 2.75) is 37.5 Å². The summed E-state index contributed by atoms with van der Waals surface area (Å²) in [5, 5.41) is 5.22. The molecule has 1 saturated carbocycles. The third-order valence-electron chi connectivity index (χ3n) is 3.46. The van der Waals surface area contributed by atoms with Gasteiger partial charge in [0.1, 0.15) is 5.82 Å². The fourth-order valence-electron chi connectivity index (χ4n) is 2.60. The first-order valence-electron chi connectivity index (χ1n) is 6.69. The van der Waals surface area contributed by atoms with E-state index in [9.17, 15) is 4.39 Å². The van der Waals surface area contributed by atoms with Crippen molar-refractivity contribution in [1.29, 1.82) is 0 Å². The molecule has 3 rings (SSSR count). The number of nitrogens with one attached hydrogen (secondary N) is 1. The second-order valence-corrected chi connectivity index (χ2v) is 7.47. The first-order chi connectivity index (χ1) is 9.24. The summed E-state index contributed by atoms with van der Waals surface area (Å²) in [7, 11) is 0.